The number of hydrogen-bond donors (Lipinski definition) is 2. The molecule has 0 aliphatic carbocycles. The molecule has 9 heavy (non-hydrogen) atoms. The molecule has 1 rings (SSSR count). The van der Waals surface area contributed by atoms with Crippen molar-refractivity contribution < 1.29 is 14.5 Å². The van der Waals surface area contributed by atoms with Crippen LogP contribution < -0.4 is 5.66 Å². The van der Waals surface area contributed by atoms with Gasteiger partial charge < -0.3 is 14.5 Å². The molecular formula is C5H9BO3. The quantitative estimate of drug-likeness (QED) is 0.505. The predicted molar refractivity (Wildman–Crippen MR) is 35.3 cm³/mol. The van der Waals surface area contributed by atoms with Gasteiger partial charge in [-0.2, -0.15) is 0 Å². The summed E-state index contributed by atoms with van der Waals surface area (Å²) in [6, 6.07) is 3.08. The van der Waals surface area contributed by atoms with Gasteiger partial charge in [-0.05, 0) is 12.1 Å². The smallest absolute Gasteiger partial charge is 0.473 e. The molecule has 0 amide bonds. The van der Waals surface area contributed by atoms with Crippen molar-refractivity contribution in [1.82, 2.24) is 0 Å². The Kier molecular flexibility index (Phi) is 3.05. The maximum atomic E-state index is 8.37. The molecule has 50 valence electrons. The lowest BCUT2D eigenvalue weighted by Crippen LogP contribution is -2.27. The highest BCUT2D eigenvalue weighted by molar-refractivity contribution is 6.56. The third-order valence-corrected chi connectivity index (χ3v) is 0.798. The Morgan fingerprint density at radius 1 is 1.44 bits per heavy atom. The van der Waals surface area contributed by atoms with Gasteiger partial charge in [-0.3, -0.25) is 0 Å². The van der Waals surface area contributed by atoms with E-state index in [0.29, 0.717) is 0 Å². The van der Waals surface area contributed by atoms with Crippen molar-refractivity contribution in [2.45, 2.75) is 7.43 Å². The molecule has 0 saturated heterocycles. The summed E-state index contributed by atoms with van der Waals surface area (Å²) in [7, 11) is -1.48. The van der Waals surface area contributed by atoms with E-state index in [1.165, 1.54) is 12.3 Å². The highest BCUT2D eigenvalue weighted by atomic mass is 16.4. The molecule has 1 heterocycles. The van der Waals surface area contributed by atoms with Crippen molar-refractivity contribution in [2.24, 2.45) is 0 Å². The Morgan fingerprint density at radius 3 is 2.33 bits per heavy atom. The first-order valence-corrected chi connectivity index (χ1v) is 2.20. The summed E-state index contributed by atoms with van der Waals surface area (Å²) in [5.74, 6) is 0. The van der Waals surface area contributed by atoms with Gasteiger partial charge in [-0.15, -0.1) is 0 Å². The normalized spacial score (nSPS) is 8.22. The Morgan fingerprint density at radius 2 is 2.11 bits per heavy atom. The van der Waals surface area contributed by atoms with E-state index in [-0.39, 0.29) is 13.1 Å². The van der Waals surface area contributed by atoms with Crippen LogP contribution in [-0.2, 0) is 0 Å². The van der Waals surface area contributed by atoms with Crippen LogP contribution in [-0.4, -0.2) is 17.2 Å². The lowest BCUT2D eigenvalue weighted by molar-refractivity contribution is 0.409. The third-order valence-electron chi connectivity index (χ3n) is 0.798. The Labute approximate surface area is 54.1 Å². The monoisotopic (exact) mass is 128 g/mol. The molecule has 1 aromatic rings. The molecule has 0 saturated carbocycles. The summed E-state index contributed by atoms with van der Waals surface area (Å²) in [4.78, 5) is 0. The third kappa shape index (κ3) is 1.91. The van der Waals surface area contributed by atoms with Crippen molar-refractivity contribution in [3.63, 3.8) is 0 Å². The zero-order valence-corrected chi connectivity index (χ0v) is 4.11. The van der Waals surface area contributed by atoms with E-state index in [9.17, 15) is 0 Å². The predicted octanol–water partition coefficient (Wildman–Crippen LogP) is -0.405. The van der Waals surface area contributed by atoms with Crippen LogP contribution in [0, 0.1) is 0 Å². The maximum absolute atomic E-state index is 8.37. The molecule has 0 aliphatic rings. The zero-order chi connectivity index (χ0) is 5.98. The Bertz CT molecular complexity index is 147. The van der Waals surface area contributed by atoms with Gasteiger partial charge in [0.1, 0.15) is 5.66 Å². The van der Waals surface area contributed by atoms with E-state index in [1.54, 1.807) is 6.07 Å². The molecule has 0 aliphatic heterocycles. The van der Waals surface area contributed by atoms with Gasteiger partial charge in [-0.25, -0.2) is 0 Å². The highest BCUT2D eigenvalue weighted by Crippen LogP contribution is 1.82. The fraction of sp³-hybridized carbons (Fsp3) is 0.200. The zero-order valence-electron chi connectivity index (χ0n) is 4.11. The first-order chi connectivity index (χ1) is 3.80. The van der Waals surface area contributed by atoms with Crippen LogP contribution in [0.1, 0.15) is 7.43 Å². The molecule has 2 N–H and O–H groups in total. The van der Waals surface area contributed by atoms with Gasteiger partial charge in [0.25, 0.3) is 0 Å². The van der Waals surface area contributed by atoms with Gasteiger partial charge in [0.15, 0.2) is 0 Å². The van der Waals surface area contributed by atoms with Crippen LogP contribution in [0.5, 0.6) is 0 Å². The summed E-state index contributed by atoms with van der Waals surface area (Å²) >= 11 is 0. The number of rotatable bonds is 1. The molecule has 0 radical (unpaired) electrons. The molecule has 1 aromatic heterocycles. The SMILES string of the molecule is C.OB(O)c1ccco1. The standard InChI is InChI=1S/C4H5BO3.CH4/c6-5(7)4-2-1-3-8-4;/h1-3,6-7H;1H4. The highest BCUT2D eigenvalue weighted by Gasteiger charge is 2.12. The van der Waals surface area contributed by atoms with Crippen LogP contribution in [0.25, 0.3) is 0 Å². The van der Waals surface area contributed by atoms with Gasteiger partial charge in [0, 0.05) is 0 Å². The average Bonchev–Trinajstić information content (AvgIpc) is 2.12. The minimum atomic E-state index is -1.48. The van der Waals surface area contributed by atoms with Crippen molar-refractivity contribution >= 4 is 12.8 Å². The van der Waals surface area contributed by atoms with Gasteiger partial charge >= 0.3 is 7.12 Å². The molecule has 0 fully saturated rings. The van der Waals surface area contributed by atoms with Crippen molar-refractivity contribution in [3.05, 3.63) is 18.4 Å². The fourth-order valence-corrected chi connectivity index (χ4v) is 0.438. The number of hydrogen-bond acceptors (Lipinski definition) is 3. The molecule has 0 aromatic carbocycles. The van der Waals surface area contributed by atoms with Gasteiger partial charge in [0.05, 0.1) is 6.26 Å². The van der Waals surface area contributed by atoms with Crippen molar-refractivity contribution in [1.29, 1.82) is 0 Å². The molecule has 0 unspecified atom stereocenters. The van der Waals surface area contributed by atoms with E-state index in [4.69, 9.17) is 10.0 Å². The molecular weight excluding hydrogens is 119 g/mol. The summed E-state index contributed by atoms with van der Waals surface area (Å²) in [6.45, 7) is 0. The van der Waals surface area contributed by atoms with Crippen molar-refractivity contribution in [3.8, 4) is 0 Å². The molecule has 0 atom stereocenters. The summed E-state index contributed by atoms with van der Waals surface area (Å²) in [5, 5.41) is 16.7. The second-order valence-electron chi connectivity index (χ2n) is 1.39. The topological polar surface area (TPSA) is 53.6 Å². The molecule has 0 bridgehead atoms. The minimum absolute atomic E-state index is 0. The summed E-state index contributed by atoms with van der Waals surface area (Å²) < 4.78 is 4.59. The largest absolute Gasteiger partial charge is 0.526 e. The minimum Gasteiger partial charge on any atom is -0.473 e. The molecule has 4 heteroatoms. The summed E-state index contributed by atoms with van der Waals surface area (Å²) in [6.07, 6.45) is 1.38. The van der Waals surface area contributed by atoms with E-state index >= 15 is 0 Å². The Hall–Kier alpha value is -0.735. The average molecular weight is 128 g/mol. The molecule has 3 nitrogen and oxygen atoms in total. The Balaban J connectivity index is 0.000000640. The first-order valence-electron chi connectivity index (χ1n) is 2.20. The lowest BCUT2D eigenvalue weighted by Gasteiger charge is -1.86. The number of furan rings is 1. The van der Waals surface area contributed by atoms with Crippen molar-refractivity contribution in [2.75, 3.05) is 0 Å². The van der Waals surface area contributed by atoms with E-state index < -0.39 is 7.12 Å². The van der Waals surface area contributed by atoms with E-state index in [0.717, 1.165) is 0 Å². The van der Waals surface area contributed by atoms with Gasteiger partial charge in [-0.1, -0.05) is 7.43 Å². The molecule has 0 spiro atoms. The van der Waals surface area contributed by atoms with Crippen LogP contribution in [0.4, 0.5) is 0 Å². The van der Waals surface area contributed by atoms with E-state index in [1.807, 2.05) is 0 Å². The van der Waals surface area contributed by atoms with Crippen LogP contribution in [0.2, 0.25) is 0 Å². The van der Waals surface area contributed by atoms with Crippen LogP contribution in [0.15, 0.2) is 22.8 Å². The summed E-state index contributed by atoms with van der Waals surface area (Å²) in [5.41, 5.74) is 0.171. The fourth-order valence-electron chi connectivity index (χ4n) is 0.438. The van der Waals surface area contributed by atoms with Crippen LogP contribution in [0.3, 0.4) is 0 Å². The van der Waals surface area contributed by atoms with Crippen LogP contribution >= 0.6 is 0 Å². The van der Waals surface area contributed by atoms with E-state index in [2.05, 4.69) is 4.42 Å². The second kappa shape index (κ2) is 3.32. The van der Waals surface area contributed by atoms with Gasteiger partial charge in [0.2, 0.25) is 0 Å². The first kappa shape index (κ1) is 8.26. The maximum Gasteiger partial charge on any atom is 0.526 e. The second-order valence-corrected chi connectivity index (χ2v) is 1.39. The lowest BCUT2D eigenvalue weighted by atomic mass is 9.88.